The molecule has 0 spiro atoms. The van der Waals surface area contributed by atoms with Crippen molar-refractivity contribution in [3.63, 3.8) is 0 Å². The first-order chi connectivity index (χ1) is 16.2. The molecule has 2 rings (SSSR count). The zero-order valence-corrected chi connectivity index (χ0v) is 26.1. The van der Waals surface area contributed by atoms with E-state index in [0.29, 0.717) is 10.0 Å². The zero-order valence-electron chi connectivity index (χ0n) is 23.6. The van der Waals surface area contributed by atoms with E-state index in [4.69, 9.17) is 23.2 Å². The average molecular weight is 543 g/mol. The van der Waals surface area contributed by atoms with Gasteiger partial charge in [-0.1, -0.05) is 87.3 Å². The van der Waals surface area contributed by atoms with Crippen LogP contribution in [0.4, 0.5) is 4.39 Å². The number of benzene rings is 2. The van der Waals surface area contributed by atoms with Crippen LogP contribution in [0.2, 0.25) is 10.0 Å². The molecule has 0 heterocycles. The lowest BCUT2D eigenvalue weighted by Gasteiger charge is -2.12. The van der Waals surface area contributed by atoms with E-state index in [1.165, 1.54) is 49.5 Å². The summed E-state index contributed by atoms with van der Waals surface area (Å²) >= 11 is 15.6. The van der Waals surface area contributed by atoms with E-state index in [1.807, 2.05) is 32.9 Å². The van der Waals surface area contributed by atoms with Crippen molar-refractivity contribution in [2.75, 3.05) is 5.75 Å². The zero-order chi connectivity index (χ0) is 27.8. The second-order valence-corrected chi connectivity index (χ2v) is 10.6. The second kappa shape index (κ2) is 19.0. The molecule has 0 amide bonds. The summed E-state index contributed by atoms with van der Waals surface area (Å²) in [6.07, 6.45) is 4.23. The third-order valence-corrected chi connectivity index (χ3v) is 5.90. The molecule has 4 heteroatoms. The van der Waals surface area contributed by atoms with Crippen molar-refractivity contribution in [2.24, 2.45) is 5.92 Å². The Kier molecular flexibility index (Phi) is 19.5. The van der Waals surface area contributed by atoms with Crippen LogP contribution in [0, 0.1) is 12.8 Å². The van der Waals surface area contributed by atoms with Crippen LogP contribution < -0.4 is 0 Å². The fourth-order valence-electron chi connectivity index (χ4n) is 2.79. The Hall–Kier alpha value is -1.22. The van der Waals surface area contributed by atoms with Gasteiger partial charge < -0.3 is 0 Å². The predicted molar refractivity (Wildman–Crippen MR) is 166 cm³/mol. The van der Waals surface area contributed by atoms with Crippen LogP contribution in [0.5, 0.6) is 0 Å². The first-order valence-electron chi connectivity index (χ1n) is 12.4. The SMILES string of the molecule is C=C(C)c1ccc(/C(=C/C)Cc2cc(Cl)cc(Cl)c2)cc1C.CC.CC(C)(C)F.CCC(C)C[SH2+]. The summed E-state index contributed by atoms with van der Waals surface area (Å²) in [6.45, 7) is 23.2. The van der Waals surface area contributed by atoms with Gasteiger partial charge in [0.15, 0.2) is 0 Å². The van der Waals surface area contributed by atoms with Crippen LogP contribution in [-0.2, 0) is 19.0 Å². The van der Waals surface area contributed by atoms with Crippen LogP contribution >= 0.6 is 23.2 Å². The van der Waals surface area contributed by atoms with Gasteiger partial charge in [-0.3, -0.25) is 0 Å². The van der Waals surface area contributed by atoms with E-state index >= 15 is 0 Å². The summed E-state index contributed by atoms with van der Waals surface area (Å²) in [5, 5.41) is 1.35. The van der Waals surface area contributed by atoms with Crippen molar-refractivity contribution in [3.05, 3.63) is 81.4 Å². The normalized spacial score (nSPS) is 11.7. The van der Waals surface area contributed by atoms with Crippen LogP contribution in [-0.4, -0.2) is 11.4 Å². The third kappa shape index (κ3) is 17.8. The molecule has 0 fully saturated rings. The molecule has 2 aromatic rings. The minimum atomic E-state index is -1.00. The van der Waals surface area contributed by atoms with Crippen molar-refractivity contribution in [1.82, 2.24) is 0 Å². The highest BCUT2D eigenvalue weighted by atomic mass is 35.5. The van der Waals surface area contributed by atoms with E-state index in [-0.39, 0.29) is 0 Å². The third-order valence-electron chi connectivity index (χ3n) is 4.77. The number of halogens is 3. The van der Waals surface area contributed by atoms with Crippen molar-refractivity contribution in [2.45, 2.75) is 87.7 Å². The molecule has 0 radical (unpaired) electrons. The topological polar surface area (TPSA) is 0 Å². The summed E-state index contributed by atoms with van der Waals surface area (Å²) in [5.74, 6) is 1.98. The average Bonchev–Trinajstić information content (AvgIpc) is 2.76. The standard InChI is InChI=1S/C20H20Cl2.C5H12S.C4H9F.C2H6/c1-5-16(9-15-10-18(21)12-19(22)11-15)17-6-7-20(13(2)3)14(4)8-17;1-3-5(2)4-6;1-4(2,3)5;1-2/h5-8,10-12H,2,9H2,1,3-4H3;5-6H,3-4H2,1-2H3;1-3H3;1-2H3/p+1/b16-5+;;;. The summed E-state index contributed by atoms with van der Waals surface area (Å²) in [4.78, 5) is 0. The molecule has 0 aliphatic heterocycles. The molecular weight excluding hydrogens is 494 g/mol. The number of hydrogen-bond donors (Lipinski definition) is 0. The summed E-state index contributed by atoms with van der Waals surface area (Å²) in [6, 6.07) is 12.2. The van der Waals surface area contributed by atoms with Gasteiger partial charge in [0, 0.05) is 16.0 Å². The van der Waals surface area contributed by atoms with E-state index in [9.17, 15) is 4.39 Å². The quantitative estimate of drug-likeness (QED) is 0.319. The molecule has 0 nitrogen and oxygen atoms in total. The maximum atomic E-state index is 11.7. The van der Waals surface area contributed by atoms with E-state index in [2.05, 4.69) is 71.2 Å². The lowest BCUT2D eigenvalue weighted by molar-refractivity contribution is 0.246. The van der Waals surface area contributed by atoms with Gasteiger partial charge >= 0.3 is 0 Å². The molecule has 198 valence electrons. The molecule has 0 N–H and O–H groups in total. The minimum Gasteiger partial charge on any atom is -0.245 e. The molecule has 0 aliphatic carbocycles. The van der Waals surface area contributed by atoms with Gasteiger partial charge in [0.25, 0.3) is 0 Å². The highest BCUT2D eigenvalue weighted by molar-refractivity contribution is 7.58. The van der Waals surface area contributed by atoms with Gasteiger partial charge in [0.2, 0.25) is 0 Å². The number of aryl methyl sites for hydroxylation is 1. The molecule has 0 saturated carbocycles. The largest absolute Gasteiger partial charge is 0.245 e. The fourth-order valence-corrected chi connectivity index (χ4v) is 3.65. The highest BCUT2D eigenvalue weighted by Gasteiger charge is 2.07. The Morgan fingerprint density at radius 1 is 1.09 bits per heavy atom. The maximum absolute atomic E-state index is 11.7. The lowest BCUT2D eigenvalue weighted by atomic mass is 9.93. The Morgan fingerprint density at radius 3 is 1.89 bits per heavy atom. The molecule has 1 unspecified atom stereocenters. The van der Waals surface area contributed by atoms with Gasteiger partial charge in [-0.2, -0.15) is 0 Å². The Labute approximate surface area is 231 Å². The first kappa shape index (κ1) is 35.9. The molecule has 2 aromatic carbocycles. The highest BCUT2D eigenvalue weighted by Crippen LogP contribution is 2.27. The van der Waals surface area contributed by atoms with Crippen LogP contribution in [0.3, 0.4) is 0 Å². The van der Waals surface area contributed by atoms with Gasteiger partial charge in [-0.15, -0.1) is 0 Å². The number of allylic oxidation sites excluding steroid dienone is 3. The minimum absolute atomic E-state index is 0.673. The van der Waals surface area contributed by atoms with Gasteiger partial charge in [0.05, 0.1) is 0 Å². The van der Waals surface area contributed by atoms with Crippen molar-refractivity contribution in [1.29, 1.82) is 0 Å². The number of alkyl halides is 1. The number of hydrogen-bond acceptors (Lipinski definition) is 0. The molecule has 0 saturated heterocycles. The van der Waals surface area contributed by atoms with Crippen LogP contribution in [0.25, 0.3) is 11.1 Å². The summed E-state index contributed by atoms with van der Waals surface area (Å²) < 4.78 is 11.7. The van der Waals surface area contributed by atoms with Crippen molar-refractivity contribution >= 4 is 47.0 Å². The number of rotatable bonds is 6. The predicted octanol–water partition coefficient (Wildman–Crippen LogP) is 10.8. The lowest BCUT2D eigenvalue weighted by Crippen LogP contribution is -2.01. The smallest absolute Gasteiger partial charge is 0.106 e. The Bertz CT molecular complexity index is 880. The summed E-state index contributed by atoms with van der Waals surface area (Å²) in [7, 11) is 0. The van der Waals surface area contributed by atoms with Crippen molar-refractivity contribution < 1.29 is 4.39 Å². The molecule has 35 heavy (non-hydrogen) atoms. The van der Waals surface area contributed by atoms with Gasteiger partial charge in [0.1, 0.15) is 11.4 Å². The van der Waals surface area contributed by atoms with Gasteiger partial charge in [-0.25, -0.2) is 4.39 Å². The molecular formula is C31H48Cl2FS+. The van der Waals surface area contributed by atoms with Gasteiger partial charge in [-0.05, 0) is 113 Å². The van der Waals surface area contributed by atoms with Crippen LogP contribution in [0.15, 0.2) is 49.1 Å². The molecule has 0 bridgehead atoms. The van der Waals surface area contributed by atoms with Crippen molar-refractivity contribution in [3.8, 4) is 0 Å². The van der Waals surface area contributed by atoms with E-state index in [0.717, 1.165) is 29.2 Å². The first-order valence-corrected chi connectivity index (χ1v) is 13.9. The Morgan fingerprint density at radius 2 is 1.57 bits per heavy atom. The van der Waals surface area contributed by atoms with Crippen LogP contribution in [0.1, 0.15) is 91.0 Å². The fraction of sp³-hybridized carbons (Fsp3) is 0.484. The van der Waals surface area contributed by atoms with E-state index < -0.39 is 5.67 Å². The molecule has 1 atom stereocenters. The maximum Gasteiger partial charge on any atom is 0.106 e. The molecule has 0 aromatic heterocycles. The Balaban J connectivity index is 0. The monoisotopic (exact) mass is 541 g/mol. The second-order valence-electron chi connectivity index (χ2n) is 9.36. The summed E-state index contributed by atoms with van der Waals surface area (Å²) in [5.41, 5.74) is 6.15. The van der Waals surface area contributed by atoms with E-state index in [1.54, 1.807) is 6.07 Å². The molecule has 0 aliphatic rings.